The molecule has 1 aliphatic heterocycles. The number of nitrogens with one attached hydrogen (secondary N) is 1. The molecule has 3 amide bonds. The third kappa shape index (κ3) is 6.56. The number of halogens is 2. The van der Waals surface area contributed by atoms with Gasteiger partial charge in [0, 0.05) is 31.3 Å². The van der Waals surface area contributed by atoms with Crippen LogP contribution in [0.3, 0.4) is 0 Å². The number of anilines is 2. The standard InChI is InChI=1S/C32H35ClFN7O5.H2/c1-19(35)30(42)38-13-15-39(16-14-38)41-29(37-26-17-21(33)5-11-25(26)31(41)43)20(2)40(27-12-10-24(45-3)18-28(27)46-4)32(44)36-23-8-6-22(34)7-9-23;/h5-12,17-20H,13-16,35H2,1-4H3,(H,36,44);1H/t19-,20?;/m0./s1. The zero-order chi connectivity index (χ0) is 33.1. The highest BCUT2D eigenvalue weighted by atomic mass is 35.5. The van der Waals surface area contributed by atoms with Gasteiger partial charge in [-0.2, -0.15) is 0 Å². The SMILES string of the molecule is COc1ccc(N(C(=O)Nc2ccc(F)cc2)C(C)c2nc3cc(Cl)ccc3c(=O)n2N2CCN(C(=O)[C@H](C)N)CC2)c(OC)c1.[HH]. The number of benzene rings is 3. The average Bonchev–Trinajstić information content (AvgIpc) is 3.05. The van der Waals surface area contributed by atoms with Gasteiger partial charge in [0.25, 0.3) is 5.56 Å². The molecular weight excluding hydrogens is 617 g/mol. The van der Waals surface area contributed by atoms with E-state index in [1.54, 1.807) is 55.1 Å². The molecule has 1 fully saturated rings. The zero-order valence-electron chi connectivity index (χ0n) is 25.9. The molecule has 14 heteroatoms. The van der Waals surface area contributed by atoms with Crippen LogP contribution < -0.4 is 36.0 Å². The fourth-order valence-electron chi connectivity index (χ4n) is 5.43. The van der Waals surface area contributed by atoms with Crippen LogP contribution in [0.4, 0.5) is 20.6 Å². The maximum Gasteiger partial charge on any atom is 0.327 e. The van der Waals surface area contributed by atoms with Crippen LogP contribution in [0.15, 0.2) is 65.5 Å². The van der Waals surface area contributed by atoms with Crippen LogP contribution in [0.2, 0.25) is 5.02 Å². The van der Waals surface area contributed by atoms with E-state index in [4.69, 9.17) is 31.8 Å². The summed E-state index contributed by atoms with van der Waals surface area (Å²) < 4.78 is 26.2. The number of ether oxygens (including phenoxy) is 2. The number of hydrogen-bond acceptors (Lipinski definition) is 8. The van der Waals surface area contributed by atoms with Crippen molar-refractivity contribution in [2.75, 3.05) is 55.6 Å². The second kappa shape index (κ2) is 13.6. The van der Waals surface area contributed by atoms with E-state index in [0.29, 0.717) is 65.0 Å². The number of nitrogens with zero attached hydrogens (tertiary/aromatic N) is 5. The number of amides is 3. The van der Waals surface area contributed by atoms with Crippen molar-refractivity contribution in [3.63, 3.8) is 0 Å². The molecule has 5 rings (SSSR count). The number of carbonyl (C=O) groups is 2. The number of urea groups is 1. The number of methoxy groups -OCH3 is 2. The number of carbonyl (C=O) groups excluding carboxylic acids is 2. The number of rotatable bonds is 8. The second-order valence-electron chi connectivity index (χ2n) is 10.8. The van der Waals surface area contributed by atoms with Crippen LogP contribution >= 0.6 is 11.6 Å². The maximum atomic E-state index is 14.2. The maximum absolute atomic E-state index is 14.2. The van der Waals surface area contributed by atoms with Crippen molar-refractivity contribution in [2.24, 2.45) is 5.73 Å². The lowest BCUT2D eigenvalue weighted by molar-refractivity contribution is -0.132. The Kier molecular flexibility index (Phi) is 9.63. The molecule has 1 aliphatic rings. The van der Waals surface area contributed by atoms with E-state index in [2.05, 4.69) is 5.32 Å². The molecule has 0 spiro atoms. The minimum absolute atomic E-state index is 0. The molecule has 46 heavy (non-hydrogen) atoms. The van der Waals surface area contributed by atoms with Crippen molar-refractivity contribution in [3.05, 3.63) is 87.7 Å². The molecule has 0 aliphatic carbocycles. The Balaban J connectivity index is 0.00000500. The Labute approximate surface area is 271 Å². The van der Waals surface area contributed by atoms with Crippen LogP contribution in [0, 0.1) is 5.82 Å². The van der Waals surface area contributed by atoms with Gasteiger partial charge in [0.1, 0.15) is 17.3 Å². The van der Waals surface area contributed by atoms with Crippen LogP contribution in [0.5, 0.6) is 11.5 Å². The Bertz CT molecular complexity index is 1820. The first-order valence-electron chi connectivity index (χ1n) is 14.6. The van der Waals surface area contributed by atoms with Crippen molar-refractivity contribution in [1.82, 2.24) is 14.6 Å². The number of piperazine rings is 1. The van der Waals surface area contributed by atoms with Gasteiger partial charge in [-0.25, -0.2) is 18.8 Å². The Morgan fingerprint density at radius 1 is 1.02 bits per heavy atom. The number of hydrogen-bond donors (Lipinski definition) is 2. The van der Waals surface area contributed by atoms with E-state index in [9.17, 15) is 18.8 Å². The summed E-state index contributed by atoms with van der Waals surface area (Å²) in [5, 5.41) is 5.34. The Morgan fingerprint density at radius 3 is 2.35 bits per heavy atom. The molecule has 1 aromatic heterocycles. The molecule has 1 saturated heterocycles. The zero-order valence-corrected chi connectivity index (χ0v) is 26.6. The predicted octanol–water partition coefficient (Wildman–Crippen LogP) is 4.38. The summed E-state index contributed by atoms with van der Waals surface area (Å²) in [5.41, 5.74) is 6.52. The summed E-state index contributed by atoms with van der Waals surface area (Å²) in [6, 6.07) is 13.0. The van der Waals surface area contributed by atoms with Gasteiger partial charge in [-0.1, -0.05) is 11.6 Å². The van der Waals surface area contributed by atoms with E-state index >= 15 is 0 Å². The highest BCUT2D eigenvalue weighted by Gasteiger charge is 2.33. The fraction of sp³-hybridized carbons (Fsp3) is 0.312. The molecule has 4 aromatic rings. The summed E-state index contributed by atoms with van der Waals surface area (Å²) in [6.45, 7) is 4.66. The molecule has 244 valence electrons. The van der Waals surface area contributed by atoms with Crippen molar-refractivity contribution < 1.29 is 24.9 Å². The van der Waals surface area contributed by atoms with Gasteiger partial charge in [0.05, 0.1) is 56.0 Å². The number of nitrogens with two attached hydrogens (primary N) is 1. The minimum atomic E-state index is -0.887. The van der Waals surface area contributed by atoms with E-state index in [-0.39, 0.29) is 18.7 Å². The first kappa shape index (κ1) is 32.5. The van der Waals surface area contributed by atoms with Crippen LogP contribution in [0.25, 0.3) is 10.9 Å². The average molecular weight is 654 g/mol. The number of aromatic nitrogens is 2. The lowest BCUT2D eigenvalue weighted by atomic mass is 10.1. The smallest absolute Gasteiger partial charge is 0.327 e. The predicted molar refractivity (Wildman–Crippen MR) is 177 cm³/mol. The Hall–Kier alpha value is -4.88. The summed E-state index contributed by atoms with van der Waals surface area (Å²) in [6.07, 6.45) is 0. The quantitative estimate of drug-likeness (QED) is 0.286. The fourth-order valence-corrected chi connectivity index (χ4v) is 5.59. The summed E-state index contributed by atoms with van der Waals surface area (Å²) in [5.74, 6) is 0.426. The highest BCUT2D eigenvalue weighted by Crippen LogP contribution is 2.37. The molecule has 1 unspecified atom stereocenters. The second-order valence-corrected chi connectivity index (χ2v) is 11.3. The molecule has 2 atom stereocenters. The molecular formula is C32H37ClFN7O5. The van der Waals surface area contributed by atoms with Crippen molar-refractivity contribution in [3.8, 4) is 11.5 Å². The summed E-state index contributed by atoms with van der Waals surface area (Å²) >= 11 is 6.30. The molecule has 12 nitrogen and oxygen atoms in total. The minimum Gasteiger partial charge on any atom is -0.497 e. The Morgan fingerprint density at radius 2 is 1.72 bits per heavy atom. The lowest BCUT2D eigenvalue weighted by Crippen LogP contribution is -2.58. The van der Waals surface area contributed by atoms with E-state index in [1.165, 1.54) is 48.1 Å². The molecule has 0 saturated carbocycles. The molecule has 2 heterocycles. The first-order chi connectivity index (χ1) is 22.0. The lowest BCUT2D eigenvalue weighted by Gasteiger charge is -2.39. The summed E-state index contributed by atoms with van der Waals surface area (Å²) in [4.78, 5) is 48.9. The van der Waals surface area contributed by atoms with Crippen LogP contribution in [0.1, 0.15) is 27.1 Å². The van der Waals surface area contributed by atoms with Gasteiger partial charge in [0.2, 0.25) is 5.91 Å². The molecule has 0 radical (unpaired) electrons. The van der Waals surface area contributed by atoms with Crippen molar-refractivity contribution in [1.29, 1.82) is 0 Å². The van der Waals surface area contributed by atoms with E-state index in [1.807, 2.05) is 5.01 Å². The molecule has 0 bridgehead atoms. The third-order valence-electron chi connectivity index (χ3n) is 7.80. The van der Waals surface area contributed by atoms with E-state index in [0.717, 1.165) is 0 Å². The third-order valence-corrected chi connectivity index (χ3v) is 8.03. The van der Waals surface area contributed by atoms with Gasteiger partial charge < -0.3 is 30.4 Å². The van der Waals surface area contributed by atoms with Crippen LogP contribution in [-0.2, 0) is 4.79 Å². The van der Waals surface area contributed by atoms with E-state index < -0.39 is 23.9 Å². The normalized spacial score (nSPS) is 14.5. The van der Waals surface area contributed by atoms with Crippen molar-refractivity contribution >= 4 is 45.8 Å². The number of fused-ring (bicyclic) bond motifs is 1. The molecule has 3 N–H and O–H groups in total. The first-order valence-corrected chi connectivity index (χ1v) is 15.0. The van der Waals surface area contributed by atoms with Gasteiger partial charge in [-0.05, 0) is 68.4 Å². The largest absolute Gasteiger partial charge is 0.497 e. The highest BCUT2D eigenvalue weighted by molar-refractivity contribution is 6.31. The van der Waals surface area contributed by atoms with Crippen molar-refractivity contribution in [2.45, 2.75) is 25.9 Å². The monoisotopic (exact) mass is 653 g/mol. The summed E-state index contributed by atoms with van der Waals surface area (Å²) in [7, 11) is 2.98. The topological polar surface area (TPSA) is 135 Å². The van der Waals surface area contributed by atoms with Crippen LogP contribution in [-0.4, -0.2) is 72.9 Å². The van der Waals surface area contributed by atoms with Gasteiger partial charge >= 0.3 is 6.03 Å². The van der Waals surface area contributed by atoms with Gasteiger partial charge in [-0.15, -0.1) is 0 Å². The molecule has 3 aromatic carbocycles. The van der Waals surface area contributed by atoms with Gasteiger partial charge in [0.15, 0.2) is 5.82 Å². The van der Waals surface area contributed by atoms with Gasteiger partial charge in [-0.3, -0.25) is 14.5 Å².